The van der Waals surface area contributed by atoms with Gasteiger partial charge >= 0.3 is 0 Å². The number of hydrogen-bond acceptors (Lipinski definition) is 2. The number of nitrogens with one attached hydrogen (secondary N) is 1. The van der Waals surface area contributed by atoms with Gasteiger partial charge in [0, 0.05) is 37.6 Å². The first-order valence-corrected chi connectivity index (χ1v) is 6.54. The SMILES string of the molecule is CC(C)COCCn1cccc1CNC(C)C. The Morgan fingerprint density at radius 3 is 2.71 bits per heavy atom. The van der Waals surface area contributed by atoms with Crippen LogP contribution in [0.2, 0.25) is 0 Å². The molecule has 1 aromatic heterocycles. The van der Waals surface area contributed by atoms with Gasteiger partial charge in [0.05, 0.1) is 6.61 Å². The molecule has 0 aromatic carbocycles. The molecule has 1 rings (SSSR count). The van der Waals surface area contributed by atoms with Crippen LogP contribution in [0.15, 0.2) is 18.3 Å². The average molecular weight is 238 g/mol. The molecule has 1 heterocycles. The summed E-state index contributed by atoms with van der Waals surface area (Å²) in [6.07, 6.45) is 2.12. The smallest absolute Gasteiger partial charge is 0.0645 e. The van der Waals surface area contributed by atoms with E-state index >= 15 is 0 Å². The van der Waals surface area contributed by atoms with Crippen LogP contribution < -0.4 is 5.32 Å². The highest BCUT2D eigenvalue weighted by Gasteiger charge is 2.02. The van der Waals surface area contributed by atoms with Crippen LogP contribution in [-0.4, -0.2) is 23.8 Å². The van der Waals surface area contributed by atoms with Gasteiger partial charge < -0.3 is 14.6 Å². The van der Waals surface area contributed by atoms with Crippen molar-refractivity contribution in [3.05, 3.63) is 24.0 Å². The van der Waals surface area contributed by atoms with Crippen molar-refractivity contribution < 1.29 is 4.74 Å². The lowest BCUT2D eigenvalue weighted by Gasteiger charge is -2.13. The number of rotatable bonds is 8. The third-order valence-electron chi connectivity index (χ3n) is 2.54. The minimum absolute atomic E-state index is 0.524. The van der Waals surface area contributed by atoms with Crippen molar-refractivity contribution in [3.8, 4) is 0 Å². The summed E-state index contributed by atoms with van der Waals surface area (Å²) in [5.74, 6) is 0.613. The normalized spacial score (nSPS) is 11.6. The Morgan fingerprint density at radius 2 is 2.06 bits per heavy atom. The summed E-state index contributed by atoms with van der Waals surface area (Å²) in [6, 6.07) is 4.79. The number of nitrogens with zero attached hydrogens (tertiary/aromatic N) is 1. The molecular weight excluding hydrogens is 212 g/mol. The maximum absolute atomic E-state index is 5.61. The summed E-state index contributed by atoms with van der Waals surface area (Å²) in [5.41, 5.74) is 1.33. The number of ether oxygens (including phenoxy) is 1. The molecule has 0 spiro atoms. The highest BCUT2D eigenvalue weighted by atomic mass is 16.5. The Labute approximate surface area is 105 Å². The van der Waals surface area contributed by atoms with E-state index in [0.717, 1.165) is 26.3 Å². The third-order valence-corrected chi connectivity index (χ3v) is 2.54. The molecule has 1 aromatic rings. The molecule has 0 saturated heterocycles. The molecule has 98 valence electrons. The Morgan fingerprint density at radius 1 is 1.29 bits per heavy atom. The monoisotopic (exact) mass is 238 g/mol. The van der Waals surface area contributed by atoms with E-state index in [-0.39, 0.29) is 0 Å². The minimum Gasteiger partial charge on any atom is -0.379 e. The lowest BCUT2D eigenvalue weighted by molar-refractivity contribution is 0.103. The second kappa shape index (κ2) is 7.51. The molecule has 3 nitrogen and oxygen atoms in total. The molecule has 0 bridgehead atoms. The molecule has 0 unspecified atom stereocenters. The molecule has 0 atom stereocenters. The highest BCUT2D eigenvalue weighted by Crippen LogP contribution is 2.03. The largest absolute Gasteiger partial charge is 0.379 e. The van der Waals surface area contributed by atoms with Crippen molar-refractivity contribution >= 4 is 0 Å². The van der Waals surface area contributed by atoms with Gasteiger partial charge in [-0.1, -0.05) is 27.7 Å². The fourth-order valence-corrected chi connectivity index (χ4v) is 1.62. The second-order valence-electron chi connectivity index (χ2n) is 5.20. The van der Waals surface area contributed by atoms with Crippen molar-refractivity contribution in [1.29, 1.82) is 0 Å². The van der Waals surface area contributed by atoms with E-state index in [1.807, 2.05) is 0 Å². The first kappa shape index (κ1) is 14.3. The van der Waals surface area contributed by atoms with Gasteiger partial charge in [-0.25, -0.2) is 0 Å². The van der Waals surface area contributed by atoms with Gasteiger partial charge in [0.15, 0.2) is 0 Å². The first-order valence-electron chi connectivity index (χ1n) is 6.54. The molecule has 1 N–H and O–H groups in total. The van der Waals surface area contributed by atoms with E-state index in [2.05, 4.69) is 55.9 Å². The summed E-state index contributed by atoms with van der Waals surface area (Å²) in [5, 5.41) is 3.44. The van der Waals surface area contributed by atoms with Crippen LogP contribution >= 0.6 is 0 Å². The molecular formula is C14H26N2O. The van der Waals surface area contributed by atoms with E-state index in [1.54, 1.807) is 0 Å². The van der Waals surface area contributed by atoms with Gasteiger partial charge in [-0.15, -0.1) is 0 Å². The molecule has 0 aliphatic heterocycles. The topological polar surface area (TPSA) is 26.2 Å². The zero-order valence-electron chi connectivity index (χ0n) is 11.6. The van der Waals surface area contributed by atoms with E-state index in [4.69, 9.17) is 4.74 Å². The predicted molar refractivity (Wildman–Crippen MR) is 72.1 cm³/mol. The first-order chi connectivity index (χ1) is 8.09. The van der Waals surface area contributed by atoms with Gasteiger partial charge in [0.1, 0.15) is 0 Å². The van der Waals surface area contributed by atoms with E-state index < -0.39 is 0 Å². The van der Waals surface area contributed by atoms with E-state index in [0.29, 0.717) is 12.0 Å². The predicted octanol–water partition coefficient (Wildman–Crippen LogP) is 2.66. The van der Waals surface area contributed by atoms with Gasteiger partial charge in [-0.2, -0.15) is 0 Å². The average Bonchev–Trinajstić information content (AvgIpc) is 2.68. The Hall–Kier alpha value is -0.800. The van der Waals surface area contributed by atoms with Crippen molar-refractivity contribution in [1.82, 2.24) is 9.88 Å². The summed E-state index contributed by atoms with van der Waals surface area (Å²) < 4.78 is 7.87. The highest BCUT2D eigenvalue weighted by molar-refractivity contribution is 5.06. The molecule has 0 aliphatic rings. The maximum Gasteiger partial charge on any atom is 0.0645 e. The lowest BCUT2D eigenvalue weighted by Crippen LogP contribution is -2.23. The fourth-order valence-electron chi connectivity index (χ4n) is 1.62. The summed E-state index contributed by atoms with van der Waals surface area (Å²) in [6.45, 7) is 12.2. The number of hydrogen-bond donors (Lipinski definition) is 1. The molecule has 17 heavy (non-hydrogen) atoms. The summed E-state index contributed by atoms with van der Waals surface area (Å²) >= 11 is 0. The van der Waals surface area contributed by atoms with Crippen molar-refractivity contribution in [2.24, 2.45) is 5.92 Å². The Bertz CT molecular complexity index is 305. The standard InChI is InChI=1S/C14H26N2O/c1-12(2)11-17-9-8-16-7-5-6-14(16)10-15-13(3)4/h5-7,12-13,15H,8-11H2,1-4H3. The van der Waals surface area contributed by atoms with Gasteiger partial charge in [0.25, 0.3) is 0 Å². The molecule has 0 amide bonds. The molecule has 3 heteroatoms. The van der Waals surface area contributed by atoms with Crippen LogP contribution in [0.1, 0.15) is 33.4 Å². The maximum atomic E-state index is 5.61. The van der Waals surface area contributed by atoms with Crippen LogP contribution in [0.5, 0.6) is 0 Å². The van der Waals surface area contributed by atoms with Crippen LogP contribution in [0, 0.1) is 5.92 Å². The third kappa shape index (κ3) is 5.89. The van der Waals surface area contributed by atoms with Crippen molar-refractivity contribution in [3.63, 3.8) is 0 Å². The van der Waals surface area contributed by atoms with E-state index in [1.165, 1.54) is 5.69 Å². The van der Waals surface area contributed by atoms with Crippen LogP contribution in [0.25, 0.3) is 0 Å². The van der Waals surface area contributed by atoms with Gasteiger partial charge in [-0.05, 0) is 18.1 Å². The van der Waals surface area contributed by atoms with Gasteiger partial charge in [0.2, 0.25) is 0 Å². The zero-order valence-corrected chi connectivity index (χ0v) is 11.6. The minimum atomic E-state index is 0.524. The van der Waals surface area contributed by atoms with Gasteiger partial charge in [-0.3, -0.25) is 0 Å². The summed E-state index contributed by atoms with van der Waals surface area (Å²) in [4.78, 5) is 0. The van der Waals surface area contributed by atoms with Crippen LogP contribution in [-0.2, 0) is 17.8 Å². The molecule has 0 aliphatic carbocycles. The van der Waals surface area contributed by atoms with E-state index in [9.17, 15) is 0 Å². The molecule has 0 saturated carbocycles. The second-order valence-corrected chi connectivity index (χ2v) is 5.20. The van der Waals surface area contributed by atoms with Crippen molar-refractivity contribution in [2.75, 3.05) is 13.2 Å². The Kier molecular flexibility index (Phi) is 6.30. The fraction of sp³-hybridized carbons (Fsp3) is 0.714. The quantitative estimate of drug-likeness (QED) is 0.705. The summed E-state index contributed by atoms with van der Waals surface area (Å²) in [7, 11) is 0. The van der Waals surface area contributed by atoms with Crippen molar-refractivity contribution in [2.45, 2.75) is 46.8 Å². The number of aromatic nitrogens is 1. The Balaban J connectivity index is 2.30. The lowest BCUT2D eigenvalue weighted by atomic mass is 10.2. The zero-order chi connectivity index (χ0) is 12.7. The molecule has 0 fully saturated rings. The van der Waals surface area contributed by atoms with Crippen LogP contribution in [0.3, 0.4) is 0 Å². The van der Waals surface area contributed by atoms with Crippen LogP contribution in [0.4, 0.5) is 0 Å². The molecule has 0 radical (unpaired) electrons.